The molecule has 1 saturated heterocycles. The zero-order valence-electron chi connectivity index (χ0n) is 11.8. The summed E-state index contributed by atoms with van der Waals surface area (Å²) >= 11 is 0. The zero-order valence-corrected chi connectivity index (χ0v) is 11.8. The summed E-state index contributed by atoms with van der Waals surface area (Å²) in [7, 11) is 0. The second kappa shape index (κ2) is 6.82. The van der Waals surface area contributed by atoms with Crippen LogP contribution in [0.2, 0.25) is 0 Å². The Bertz CT molecular complexity index is 350. The minimum Gasteiger partial charge on any atom is -0.391 e. The summed E-state index contributed by atoms with van der Waals surface area (Å²) in [5.74, 6) is 0. The van der Waals surface area contributed by atoms with Gasteiger partial charge < -0.3 is 47.7 Å². The van der Waals surface area contributed by atoms with Gasteiger partial charge in [0.15, 0.2) is 6.29 Å². The molecule has 11 N–H and O–H groups in total. The average Bonchev–Trinajstić information content (AvgIpc) is 2.45. The van der Waals surface area contributed by atoms with Gasteiger partial charge in [0.2, 0.25) is 0 Å². The first kappa shape index (κ1) is 17.0. The Labute approximate surface area is 123 Å². The fourth-order valence-corrected chi connectivity index (χ4v) is 2.84. The Kier molecular flexibility index (Phi) is 5.52. The lowest BCUT2D eigenvalue weighted by molar-refractivity contribution is -0.265. The van der Waals surface area contributed by atoms with Gasteiger partial charge in [0.1, 0.15) is 12.2 Å². The van der Waals surface area contributed by atoms with Crippen molar-refractivity contribution < 1.29 is 24.8 Å². The van der Waals surface area contributed by atoms with Crippen LogP contribution in [0, 0.1) is 0 Å². The maximum atomic E-state index is 10.1. The highest BCUT2D eigenvalue weighted by Gasteiger charge is 2.45. The molecular weight excluding hydrogens is 280 g/mol. The van der Waals surface area contributed by atoms with Crippen molar-refractivity contribution in [1.82, 2.24) is 0 Å². The van der Waals surface area contributed by atoms with Gasteiger partial charge >= 0.3 is 0 Å². The molecule has 0 bridgehead atoms. The van der Waals surface area contributed by atoms with Crippen LogP contribution in [0.15, 0.2) is 0 Å². The van der Waals surface area contributed by atoms with Crippen molar-refractivity contribution in [2.75, 3.05) is 6.54 Å². The standard InChI is InChI=1S/C12H26N4O5/c13-3-4-1-7(17)8(16)12(20-4)21-11-6(15)2-5(14)9(18)10(11)19/h4-12,17-19H,1-3,13-16H2/t4-,5-,6+,7+,8+,9+,10-,11+,12+/m1/s1. The first-order valence-electron chi connectivity index (χ1n) is 7.17. The van der Waals surface area contributed by atoms with Crippen LogP contribution >= 0.6 is 0 Å². The third-order valence-corrected chi connectivity index (χ3v) is 4.24. The quantitative estimate of drug-likeness (QED) is 0.272. The number of rotatable bonds is 3. The molecule has 1 heterocycles. The van der Waals surface area contributed by atoms with Crippen LogP contribution in [0.5, 0.6) is 0 Å². The van der Waals surface area contributed by atoms with E-state index in [1.807, 2.05) is 0 Å². The van der Waals surface area contributed by atoms with Crippen LogP contribution in [0.4, 0.5) is 0 Å². The number of hydrogen-bond donors (Lipinski definition) is 7. The second-order valence-electron chi connectivity index (χ2n) is 5.89. The summed E-state index contributed by atoms with van der Waals surface area (Å²) in [4.78, 5) is 0. The molecule has 0 aromatic rings. The maximum absolute atomic E-state index is 10.1. The van der Waals surface area contributed by atoms with E-state index in [2.05, 4.69) is 0 Å². The predicted molar refractivity (Wildman–Crippen MR) is 73.8 cm³/mol. The summed E-state index contributed by atoms with van der Waals surface area (Å²) in [6.07, 6.45) is -4.78. The summed E-state index contributed by atoms with van der Waals surface area (Å²) in [5.41, 5.74) is 23.0. The smallest absolute Gasteiger partial charge is 0.176 e. The second-order valence-corrected chi connectivity index (χ2v) is 5.89. The van der Waals surface area contributed by atoms with Gasteiger partial charge in [-0.05, 0) is 6.42 Å². The number of hydrogen-bond acceptors (Lipinski definition) is 9. The molecule has 9 heteroatoms. The molecule has 9 atom stereocenters. The molecule has 2 fully saturated rings. The molecule has 1 aliphatic carbocycles. The van der Waals surface area contributed by atoms with Crippen molar-refractivity contribution in [2.24, 2.45) is 22.9 Å². The van der Waals surface area contributed by atoms with E-state index in [1.54, 1.807) is 0 Å². The summed E-state index contributed by atoms with van der Waals surface area (Å²) in [6, 6.07) is -1.96. The van der Waals surface area contributed by atoms with Crippen molar-refractivity contribution in [1.29, 1.82) is 0 Å². The zero-order chi connectivity index (χ0) is 15.7. The van der Waals surface area contributed by atoms with E-state index in [9.17, 15) is 15.3 Å². The lowest BCUT2D eigenvalue weighted by Gasteiger charge is -2.44. The molecule has 0 aromatic carbocycles. The molecule has 0 aromatic heterocycles. The van der Waals surface area contributed by atoms with Gasteiger partial charge in [-0.25, -0.2) is 0 Å². The maximum Gasteiger partial charge on any atom is 0.176 e. The molecule has 1 aliphatic heterocycles. The molecule has 21 heavy (non-hydrogen) atoms. The van der Waals surface area contributed by atoms with Gasteiger partial charge in [0.25, 0.3) is 0 Å². The Morgan fingerprint density at radius 3 is 2.29 bits per heavy atom. The molecule has 0 unspecified atom stereocenters. The van der Waals surface area contributed by atoms with Gasteiger partial charge in [0.05, 0.1) is 24.4 Å². The number of ether oxygens (including phenoxy) is 2. The SMILES string of the molecule is NC[C@H]1C[C@H](O)[C@H](N)[C@H](O[C@@H]2[C@H](O)[C@@H](O)[C@H](N)C[C@@H]2N)O1. The molecule has 124 valence electrons. The van der Waals surface area contributed by atoms with Crippen molar-refractivity contribution in [3.63, 3.8) is 0 Å². The molecule has 0 radical (unpaired) electrons. The van der Waals surface area contributed by atoms with Crippen molar-refractivity contribution in [3.8, 4) is 0 Å². The normalized spacial score (nSPS) is 51.9. The highest BCUT2D eigenvalue weighted by molar-refractivity contribution is 4.98. The summed E-state index contributed by atoms with van der Waals surface area (Å²) in [6.45, 7) is 0.219. The third-order valence-electron chi connectivity index (χ3n) is 4.24. The van der Waals surface area contributed by atoms with Crippen molar-refractivity contribution in [3.05, 3.63) is 0 Å². The minimum atomic E-state index is -1.24. The van der Waals surface area contributed by atoms with Gasteiger partial charge in [-0.15, -0.1) is 0 Å². The van der Waals surface area contributed by atoms with Crippen molar-refractivity contribution >= 4 is 0 Å². The molecular formula is C12H26N4O5. The topological polar surface area (TPSA) is 183 Å². The van der Waals surface area contributed by atoms with E-state index in [0.29, 0.717) is 12.8 Å². The largest absolute Gasteiger partial charge is 0.391 e. The van der Waals surface area contributed by atoms with Gasteiger partial charge in [-0.3, -0.25) is 0 Å². The molecule has 2 aliphatic rings. The van der Waals surface area contributed by atoms with Crippen molar-refractivity contribution in [2.45, 2.75) is 67.8 Å². The number of aliphatic hydroxyl groups is 3. The minimum absolute atomic E-state index is 0.219. The van der Waals surface area contributed by atoms with E-state index in [4.69, 9.17) is 32.4 Å². The number of aliphatic hydroxyl groups excluding tert-OH is 3. The molecule has 9 nitrogen and oxygen atoms in total. The van der Waals surface area contributed by atoms with Crippen LogP contribution in [-0.4, -0.2) is 76.8 Å². The van der Waals surface area contributed by atoms with Crippen LogP contribution < -0.4 is 22.9 Å². The fourth-order valence-electron chi connectivity index (χ4n) is 2.84. The highest BCUT2D eigenvalue weighted by atomic mass is 16.7. The van der Waals surface area contributed by atoms with E-state index >= 15 is 0 Å². The fraction of sp³-hybridized carbons (Fsp3) is 1.00. The van der Waals surface area contributed by atoms with E-state index in [-0.39, 0.29) is 12.6 Å². The highest BCUT2D eigenvalue weighted by Crippen LogP contribution is 2.26. The monoisotopic (exact) mass is 306 g/mol. The van der Waals surface area contributed by atoms with Crippen LogP contribution in [0.3, 0.4) is 0 Å². The van der Waals surface area contributed by atoms with Crippen LogP contribution in [0.1, 0.15) is 12.8 Å². The van der Waals surface area contributed by atoms with Crippen LogP contribution in [0.25, 0.3) is 0 Å². The first-order valence-corrected chi connectivity index (χ1v) is 7.17. The van der Waals surface area contributed by atoms with Crippen LogP contribution in [-0.2, 0) is 9.47 Å². The molecule has 0 spiro atoms. The lowest BCUT2D eigenvalue weighted by atomic mass is 9.84. The van der Waals surface area contributed by atoms with E-state index in [1.165, 1.54) is 0 Å². The Morgan fingerprint density at radius 1 is 1.00 bits per heavy atom. The van der Waals surface area contributed by atoms with Gasteiger partial charge in [-0.2, -0.15) is 0 Å². The van der Waals surface area contributed by atoms with E-state index < -0.39 is 48.8 Å². The van der Waals surface area contributed by atoms with E-state index in [0.717, 1.165) is 0 Å². The predicted octanol–water partition coefficient (Wildman–Crippen LogP) is -4.09. The third kappa shape index (κ3) is 3.52. The lowest BCUT2D eigenvalue weighted by Crippen LogP contribution is -2.65. The summed E-state index contributed by atoms with van der Waals surface area (Å²) in [5, 5.41) is 29.8. The Hall–Kier alpha value is -0.360. The molecule has 1 saturated carbocycles. The first-order chi connectivity index (χ1) is 9.85. The Balaban J connectivity index is 2.04. The molecule has 0 amide bonds. The number of nitrogens with two attached hydrogens (primary N) is 4. The Morgan fingerprint density at radius 2 is 1.67 bits per heavy atom. The summed E-state index contributed by atoms with van der Waals surface area (Å²) < 4.78 is 11.2. The average molecular weight is 306 g/mol. The van der Waals surface area contributed by atoms with Gasteiger partial charge in [0, 0.05) is 25.0 Å². The van der Waals surface area contributed by atoms with Gasteiger partial charge in [-0.1, -0.05) is 0 Å². The molecule has 2 rings (SSSR count).